The van der Waals surface area contributed by atoms with Gasteiger partial charge in [-0.3, -0.25) is 9.78 Å². The number of halogens is 1. The van der Waals surface area contributed by atoms with Crippen molar-refractivity contribution in [3.8, 4) is 0 Å². The Morgan fingerprint density at radius 3 is 2.81 bits per heavy atom. The molecule has 1 aromatic heterocycles. The van der Waals surface area contributed by atoms with E-state index in [0.717, 1.165) is 10.0 Å². The number of benzene rings is 1. The monoisotopic (exact) mass is 349 g/mol. The number of anilines is 1. The summed E-state index contributed by atoms with van der Waals surface area (Å²) in [5, 5.41) is 2.67. The van der Waals surface area contributed by atoms with Crippen molar-refractivity contribution >= 4 is 33.5 Å². The number of ether oxygens (including phenoxy) is 1. The molecule has 0 atom stereocenters. The van der Waals surface area contributed by atoms with Gasteiger partial charge in [0.05, 0.1) is 6.20 Å². The summed E-state index contributed by atoms with van der Waals surface area (Å²) in [6, 6.07) is 5.46. The topological polar surface area (TPSA) is 81.2 Å². The lowest BCUT2D eigenvalue weighted by Gasteiger charge is -2.09. The number of nitrogens with one attached hydrogen (secondary N) is 1. The molecule has 1 heterocycles. The van der Waals surface area contributed by atoms with Crippen molar-refractivity contribution in [1.29, 1.82) is 0 Å². The number of aryl methyl sites for hydroxylation is 1. The Hall–Kier alpha value is -2.28. The van der Waals surface area contributed by atoms with Crippen molar-refractivity contribution in [1.82, 2.24) is 9.97 Å². The van der Waals surface area contributed by atoms with Gasteiger partial charge >= 0.3 is 5.97 Å². The Morgan fingerprint density at radius 2 is 2.14 bits per heavy atom. The maximum atomic E-state index is 11.7. The number of amides is 1. The second kappa shape index (κ2) is 6.94. The highest BCUT2D eigenvalue weighted by atomic mass is 79.9. The molecule has 108 valence electrons. The van der Waals surface area contributed by atoms with E-state index in [2.05, 4.69) is 31.2 Å². The molecule has 7 heteroatoms. The van der Waals surface area contributed by atoms with E-state index in [-0.39, 0.29) is 12.3 Å². The normalized spacial score (nSPS) is 10.0. The standard InChI is InChI=1S/C14H12BrN3O3/c1-9-6-10(15)2-3-11(9)18-13(19)8-21-14(20)12-7-16-4-5-17-12/h2-7H,8H2,1H3,(H,18,19). The molecule has 6 nitrogen and oxygen atoms in total. The third-order valence-electron chi connectivity index (χ3n) is 2.57. The number of rotatable bonds is 4. The number of aromatic nitrogens is 2. The van der Waals surface area contributed by atoms with Crippen LogP contribution in [0.15, 0.2) is 41.3 Å². The summed E-state index contributed by atoms with van der Waals surface area (Å²) in [6.45, 7) is 1.48. The predicted octanol–water partition coefficient (Wildman–Crippen LogP) is 2.34. The summed E-state index contributed by atoms with van der Waals surface area (Å²) < 4.78 is 5.79. The van der Waals surface area contributed by atoms with Crippen molar-refractivity contribution in [3.05, 3.63) is 52.5 Å². The number of carbonyl (C=O) groups is 2. The van der Waals surface area contributed by atoms with Crippen molar-refractivity contribution < 1.29 is 14.3 Å². The molecule has 0 aliphatic carbocycles. The van der Waals surface area contributed by atoms with E-state index >= 15 is 0 Å². The van der Waals surface area contributed by atoms with Gasteiger partial charge < -0.3 is 10.1 Å². The fourth-order valence-corrected chi connectivity index (χ4v) is 2.04. The van der Waals surface area contributed by atoms with Gasteiger partial charge in [0, 0.05) is 22.6 Å². The van der Waals surface area contributed by atoms with Gasteiger partial charge in [-0.2, -0.15) is 0 Å². The Labute approximate surface area is 129 Å². The van der Waals surface area contributed by atoms with Crippen LogP contribution in [0.25, 0.3) is 0 Å². The van der Waals surface area contributed by atoms with Crippen LogP contribution < -0.4 is 5.32 Å². The zero-order valence-electron chi connectivity index (χ0n) is 11.2. The highest BCUT2D eigenvalue weighted by Crippen LogP contribution is 2.19. The van der Waals surface area contributed by atoms with Crippen LogP contribution in [-0.4, -0.2) is 28.5 Å². The molecule has 0 aliphatic heterocycles. The Kier molecular flexibility index (Phi) is 4.99. The molecule has 1 N–H and O–H groups in total. The van der Waals surface area contributed by atoms with Gasteiger partial charge in [0.1, 0.15) is 0 Å². The average Bonchev–Trinajstić information content (AvgIpc) is 2.48. The van der Waals surface area contributed by atoms with Gasteiger partial charge in [-0.15, -0.1) is 0 Å². The number of nitrogens with zero attached hydrogens (tertiary/aromatic N) is 2. The van der Waals surface area contributed by atoms with E-state index < -0.39 is 11.9 Å². The van der Waals surface area contributed by atoms with E-state index in [0.29, 0.717) is 5.69 Å². The van der Waals surface area contributed by atoms with Gasteiger partial charge in [-0.1, -0.05) is 15.9 Å². The first-order valence-electron chi connectivity index (χ1n) is 6.05. The molecule has 21 heavy (non-hydrogen) atoms. The first-order chi connectivity index (χ1) is 10.1. The lowest BCUT2D eigenvalue weighted by atomic mass is 10.2. The van der Waals surface area contributed by atoms with E-state index in [1.54, 1.807) is 6.07 Å². The molecule has 0 saturated heterocycles. The molecule has 1 amide bonds. The van der Waals surface area contributed by atoms with Gasteiger partial charge in [-0.05, 0) is 30.7 Å². The minimum atomic E-state index is -0.689. The molecular weight excluding hydrogens is 338 g/mol. The molecule has 1 aromatic carbocycles. The number of hydrogen-bond acceptors (Lipinski definition) is 5. The Morgan fingerprint density at radius 1 is 1.33 bits per heavy atom. The number of carbonyl (C=O) groups excluding carboxylic acids is 2. The third-order valence-corrected chi connectivity index (χ3v) is 3.06. The summed E-state index contributed by atoms with van der Waals surface area (Å²) in [7, 11) is 0. The van der Waals surface area contributed by atoms with E-state index in [9.17, 15) is 9.59 Å². The van der Waals surface area contributed by atoms with Crippen LogP contribution >= 0.6 is 15.9 Å². The zero-order chi connectivity index (χ0) is 15.2. The Balaban J connectivity index is 1.89. The number of esters is 1. The average molecular weight is 350 g/mol. The molecule has 0 bridgehead atoms. The van der Waals surface area contributed by atoms with Crippen LogP contribution in [0.4, 0.5) is 5.69 Å². The van der Waals surface area contributed by atoms with Gasteiger partial charge in [0.15, 0.2) is 12.3 Å². The molecule has 0 radical (unpaired) electrons. The molecule has 2 aromatic rings. The molecule has 0 unspecified atom stereocenters. The molecule has 0 fully saturated rings. The first kappa shape index (κ1) is 15.1. The predicted molar refractivity (Wildman–Crippen MR) is 79.8 cm³/mol. The highest BCUT2D eigenvalue weighted by molar-refractivity contribution is 9.10. The Bertz CT molecular complexity index is 662. The fourth-order valence-electron chi connectivity index (χ4n) is 1.56. The van der Waals surface area contributed by atoms with E-state index in [1.165, 1.54) is 18.6 Å². The lowest BCUT2D eigenvalue weighted by Crippen LogP contribution is -2.21. The largest absolute Gasteiger partial charge is 0.451 e. The summed E-state index contributed by atoms with van der Waals surface area (Å²) in [5.41, 5.74) is 1.63. The lowest BCUT2D eigenvalue weighted by molar-refractivity contribution is -0.119. The van der Waals surface area contributed by atoms with E-state index in [4.69, 9.17) is 4.74 Å². The van der Waals surface area contributed by atoms with Gasteiger partial charge in [0.25, 0.3) is 5.91 Å². The highest BCUT2D eigenvalue weighted by Gasteiger charge is 2.12. The maximum absolute atomic E-state index is 11.7. The quantitative estimate of drug-likeness (QED) is 0.856. The SMILES string of the molecule is Cc1cc(Br)ccc1NC(=O)COC(=O)c1cnccn1. The fraction of sp³-hybridized carbons (Fsp3) is 0.143. The van der Waals surface area contributed by atoms with Crippen LogP contribution in [0.2, 0.25) is 0 Å². The van der Waals surface area contributed by atoms with Crippen LogP contribution in [0.5, 0.6) is 0 Å². The van der Waals surface area contributed by atoms with Crippen LogP contribution in [0.1, 0.15) is 16.1 Å². The second-order valence-corrected chi connectivity index (χ2v) is 5.09. The molecular formula is C14H12BrN3O3. The third kappa shape index (κ3) is 4.35. The summed E-state index contributed by atoms with van der Waals surface area (Å²) in [6.07, 6.45) is 4.10. The van der Waals surface area contributed by atoms with Crippen molar-refractivity contribution in [3.63, 3.8) is 0 Å². The summed E-state index contributed by atoms with van der Waals surface area (Å²) >= 11 is 3.34. The van der Waals surface area contributed by atoms with Crippen LogP contribution in [-0.2, 0) is 9.53 Å². The zero-order valence-corrected chi connectivity index (χ0v) is 12.8. The van der Waals surface area contributed by atoms with Crippen molar-refractivity contribution in [2.75, 3.05) is 11.9 Å². The molecule has 0 saturated carbocycles. The minimum Gasteiger partial charge on any atom is -0.451 e. The molecule has 2 rings (SSSR count). The van der Waals surface area contributed by atoms with Crippen molar-refractivity contribution in [2.45, 2.75) is 6.92 Å². The summed E-state index contributed by atoms with van der Waals surface area (Å²) in [5.74, 6) is -1.11. The second-order valence-electron chi connectivity index (χ2n) is 4.17. The maximum Gasteiger partial charge on any atom is 0.359 e. The number of hydrogen-bond donors (Lipinski definition) is 1. The molecule has 0 spiro atoms. The van der Waals surface area contributed by atoms with Gasteiger partial charge in [0.2, 0.25) is 0 Å². The summed E-state index contributed by atoms with van der Waals surface area (Å²) in [4.78, 5) is 30.9. The van der Waals surface area contributed by atoms with Crippen LogP contribution in [0, 0.1) is 6.92 Å². The van der Waals surface area contributed by atoms with Crippen LogP contribution in [0.3, 0.4) is 0 Å². The molecule has 0 aliphatic rings. The minimum absolute atomic E-state index is 0.0603. The van der Waals surface area contributed by atoms with Crippen molar-refractivity contribution in [2.24, 2.45) is 0 Å². The van der Waals surface area contributed by atoms with E-state index in [1.807, 2.05) is 19.1 Å². The van der Waals surface area contributed by atoms with Gasteiger partial charge in [-0.25, -0.2) is 9.78 Å². The first-order valence-corrected chi connectivity index (χ1v) is 6.84. The smallest absolute Gasteiger partial charge is 0.359 e.